The Morgan fingerprint density at radius 1 is 1.39 bits per heavy atom. The quantitative estimate of drug-likeness (QED) is 0.897. The van der Waals surface area contributed by atoms with Gasteiger partial charge in [-0.15, -0.1) is 5.10 Å². The summed E-state index contributed by atoms with van der Waals surface area (Å²) in [6.45, 7) is 1.78. The minimum absolute atomic E-state index is 0.406. The summed E-state index contributed by atoms with van der Waals surface area (Å²) in [5.74, 6) is 0.692. The fraction of sp³-hybridized carbons (Fsp3) is 0.538. The summed E-state index contributed by atoms with van der Waals surface area (Å²) >= 11 is 0. The van der Waals surface area contributed by atoms with Crippen LogP contribution in [0.1, 0.15) is 25.7 Å². The van der Waals surface area contributed by atoms with Crippen LogP contribution in [0.3, 0.4) is 0 Å². The van der Waals surface area contributed by atoms with Crippen molar-refractivity contribution in [2.75, 3.05) is 18.5 Å². The van der Waals surface area contributed by atoms with Gasteiger partial charge in [-0.2, -0.15) is 4.98 Å². The van der Waals surface area contributed by atoms with Crippen molar-refractivity contribution in [2.45, 2.75) is 31.8 Å². The minimum Gasteiger partial charge on any atom is -0.378 e. The van der Waals surface area contributed by atoms with Crippen LogP contribution in [0.2, 0.25) is 0 Å². The Bertz CT molecular complexity index is 471. The maximum Gasteiger partial charge on any atom is 0.243 e. The number of pyridine rings is 1. The van der Waals surface area contributed by atoms with Gasteiger partial charge in [0.05, 0.1) is 6.10 Å². The molecule has 0 radical (unpaired) electrons. The van der Waals surface area contributed by atoms with E-state index in [1.165, 1.54) is 19.3 Å². The first-order valence-electron chi connectivity index (χ1n) is 6.59. The molecule has 0 saturated carbocycles. The molecule has 1 atom stereocenters. The van der Waals surface area contributed by atoms with Gasteiger partial charge in [-0.25, -0.2) is 4.52 Å². The van der Waals surface area contributed by atoms with Gasteiger partial charge >= 0.3 is 0 Å². The Labute approximate surface area is 106 Å². The fourth-order valence-electron chi connectivity index (χ4n) is 2.29. The number of aromatic nitrogens is 3. The highest BCUT2D eigenvalue weighted by Gasteiger charge is 2.13. The van der Waals surface area contributed by atoms with E-state index in [0.29, 0.717) is 12.1 Å². The monoisotopic (exact) mass is 246 g/mol. The number of fused-ring (bicyclic) bond motifs is 1. The number of nitrogens with one attached hydrogen (secondary N) is 1. The second kappa shape index (κ2) is 5.35. The van der Waals surface area contributed by atoms with Crippen molar-refractivity contribution in [3.05, 3.63) is 24.4 Å². The Morgan fingerprint density at radius 3 is 3.22 bits per heavy atom. The van der Waals surface area contributed by atoms with Crippen LogP contribution in [0, 0.1) is 0 Å². The van der Waals surface area contributed by atoms with Crippen LogP contribution in [0.15, 0.2) is 24.4 Å². The zero-order valence-corrected chi connectivity index (χ0v) is 10.4. The van der Waals surface area contributed by atoms with Gasteiger partial charge in [0.2, 0.25) is 5.95 Å². The average Bonchev–Trinajstić information content (AvgIpc) is 2.82. The zero-order valence-electron chi connectivity index (χ0n) is 10.4. The summed E-state index contributed by atoms with van der Waals surface area (Å²) in [4.78, 5) is 4.40. The van der Waals surface area contributed by atoms with E-state index < -0.39 is 0 Å². The van der Waals surface area contributed by atoms with E-state index in [1.54, 1.807) is 4.52 Å². The van der Waals surface area contributed by atoms with Gasteiger partial charge in [-0.3, -0.25) is 0 Å². The van der Waals surface area contributed by atoms with Crippen LogP contribution < -0.4 is 5.32 Å². The molecular formula is C13H18N4O. The van der Waals surface area contributed by atoms with Crippen molar-refractivity contribution >= 4 is 11.6 Å². The van der Waals surface area contributed by atoms with Gasteiger partial charge in [0.1, 0.15) is 0 Å². The van der Waals surface area contributed by atoms with E-state index in [4.69, 9.17) is 4.74 Å². The number of nitrogens with zero attached hydrogens (tertiary/aromatic N) is 3. The molecule has 0 bridgehead atoms. The Morgan fingerprint density at radius 2 is 2.39 bits per heavy atom. The molecule has 2 aromatic rings. The van der Waals surface area contributed by atoms with Gasteiger partial charge in [0, 0.05) is 19.3 Å². The second-order valence-corrected chi connectivity index (χ2v) is 4.64. The summed E-state index contributed by atoms with van der Waals surface area (Å²) in [6.07, 6.45) is 7.01. The molecule has 1 aliphatic rings. The summed E-state index contributed by atoms with van der Waals surface area (Å²) < 4.78 is 7.47. The molecule has 5 nitrogen and oxygen atoms in total. The first-order chi connectivity index (χ1) is 8.92. The third kappa shape index (κ3) is 2.61. The van der Waals surface area contributed by atoms with Crippen molar-refractivity contribution in [1.82, 2.24) is 14.6 Å². The van der Waals surface area contributed by atoms with E-state index in [9.17, 15) is 0 Å². The second-order valence-electron chi connectivity index (χ2n) is 4.64. The normalized spacial score (nSPS) is 20.1. The molecule has 1 unspecified atom stereocenters. The molecule has 1 N–H and O–H groups in total. The van der Waals surface area contributed by atoms with E-state index in [0.717, 1.165) is 25.2 Å². The lowest BCUT2D eigenvalue weighted by Crippen LogP contribution is -2.22. The highest BCUT2D eigenvalue weighted by Crippen LogP contribution is 2.15. The van der Waals surface area contributed by atoms with Crippen LogP contribution in [0.5, 0.6) is 0 Å². The fourth-order valence-corrected chi connectivity index (χ4v) is 2.29. The van der Waals surface area contributed by atoms with Crippen LogP contribution in [-0.2, 0) is 4.74 Å². The van der Waals surface area contributed by atoms with Crippen LogP contribution in [-0.4, -0.2) is 33.9 Å². The van der Waals surface area contributed by atoms with Crippen molar-refractivity contribution in [3.8, 4) is 0 Å². The molecular weight excluding hydrogens is 228 g/mol. The van der Waals surface area contributed by atoms with E-state index in [1.807, 2.05) is 24.4 Å². The van der Waals surface area contributed by atoms with Gasteiger partial charge in [-0.05, 0) is 37.8 Å². The predicted octanol–water partition coefficient (Wildman–Crippen LogP) is 2.10. The van der Waals surface area contributed by atoms with Crippen LogP contribution >= 0.6 is 0 Å². The smallest absolute Gasteiger partial charge is 0.243 e. The number of hydrogen-bond donors (Lipinski definition) is 1. The van der Waals surface area contributed by atoms with Gasteiger partial charge in [0.25, 0.3) is 0 Å². The first kappa shape index (κ1) is 11.5. The molecule has 0 amide bonds. The van der Waals surface area contributed by atoms with E-state index in [-0.39, 0.29) is 0 Å². The largest absolute Gasteiger partial charge is 0.378 e. The molecule has 18 heavy (non-hydrogen) atoms. The topological polar surface area (TPSA) is 51.5 Å². The van der Waals surface area contributed by atoms with Crippen molar-refractivity contribution in [2.24, 2.45) is 0 Å². The van der Waals surface area contributed by atoms with E-state index >= 15 is 0 Å². The molecule has 96 valence electrons. The number of rotatable bonds is 4. The molecule has 0 spiro atoms. The van der Waals surface area contributed by atoms with Crippen molar-refractivity contribution < 1.29 is 4.74 Å². The van der Waals surface area contributed by atoms with Gasteiger partial charge < -0.3 is 10.1 Å². The van der Waals surface area contributed by atoms with Crippen molar-refractivity contribution in [3.63, 3.8) is 0 Å². The third-order valence-corrected chi connectivity index (χ3v) is 3.26. The Kier molecular flexibility index (Phi) is 3.41. The maximum atomic E-state index is 5.69. The lowest BCUT2D eigenvalue weighted by Gasteiger charge is -2.22. The van der Waals surface area contributed by atoms with Crippen LogP contribution in [0.25, 0.3) is 5.65 Å². The first-order valence-corrected chi connectivity index (χ1v) is 6.59. The molecule has 0 aliphatic carbocycles. The molecule has 1 saturated heterocycles. The highest BCUT2D eigenvalue weighted by atomic mass is 16.5. The Hall–Kier alpha value is -1.62. The molecule has 3 rings (SSSR count). The molecule has 0 aromatic carbocycles. The lowest BCUT2D eigenvalue weighted by atomic mass is 10.1. The summed E-state index contributed by atoms with van der Waals surface area (Å²) in [6, 6.07) is 5.85. The molecule has 2 aromatic heterocycles. The number of hydrogen-bond acceptors (Lipinski definition) is 4. The van der Waals surface area contributed by atoms with E-state index in [2.05, 4.69) is 15.4 Å². The van der Waals surface area contributed by atoms with Gasteiger partial charge in [-0.1, -0.05) is 6.07 Å². The third-order valence-electron chi connectivity index (χ3n) is 3.26. The number of ether oxygens (including phenoxy) is 1. The number of anilines is 1. The lowest BCUT2D eigenvalue weighted by molar-refractivity contribution is 0.0134. The molecule has 5 heteroatoms. The SMILES string of the molecule is c1ccn2nc(NCCC3CCCCO3)nc2c1. The average molecular weight is 246 g/mol. The maximum absolute atomic E-state index is 5.69. The summed E-state index contributed by atoms with van der Waals surface area (Å²) in [5, 5.41) is 7.61. The summed E-state index contributed by atoms with van der Waals surface area (Å²) in [5.41, 5.74) is 0.869. The minimum atomic E-state index is 0.406. The predicted molar refractivity (Wildman–Crippen MR) is 69.7 cm³/mol. The highest BCUT2D eigenvalue weighted by molar-refractivity contribution is 5.42. The summed E-state index contributed by atoms with van der Waals surface area (Å²) in [7, 11) is 0. The zero-order chi connectivity index (χ0) is 12.2. The van der Waals surface area contributed by atoms with Crippen LogP contribution in [0.4, 0.5) is 5.95 Å². The molecule has 1 aliphatic heterocycles. The van der Waals surface area contributed by atoms with Gasteiger partial charge in [0.15, 0.2) is 5.65 Å². The molecule has 3 heterocycles. The standard InChI is InChI=1S/C13H18N4O/c1-3-9-17-12(6-1)15-13(16-17)14-8-7-11-5-2-4-10-18-11/h1,3,6,9,11H,2,4-5,7-8,10H2,(H,14,16). The van der Waals surface area contributed by atoms with Crippen molar-refractivity contribution in [1.29, 1.82) is 0 Å². The Balaban J connectivity index is 1.53. The molecule has 1 fully saturated rings.